The van der Waals surface area contributed by atoms with Gasteiger partial charge in [-0.3, -0.25) is 0 Å². The molecule has 0 N–H and O–H groups in total. The molecular weight excluding hydrogens is 901 g/mol. The number of rotatable bonds is 16. The third-order valence-corrected chi connectivity index (χ3v) is 16.9. The highest BCUT2D eigenvalue weighted by molar-refractivity contribution is 6.28. The maximum Gasteiger partial charge on any atom is 0.0713 e. The Morgan fingerprint density at radius 3 is 1.32 bits per heavy atom. The van der Waals surface area contributed by atoms with Crippen molar-refractivity contribution in [3.05, 3.63) is 264 Å². The van der Waals surface area contributed by atoms with Gasteiger partial charge in [0.05, 0.1) is 5.41 Å². The predicted octanol–water partition coefficient (Wildman–Crippen LogP) is 20.9. The van der Waals surface area contributed by atoms with Crippen LogP contribution in [0.3, 0.4) is 0 Å². The highest BCUT2D eigenvalue weighted by Gasteiger charge is 2.46. The van der Waals surface area contributed by atoms with Crippen molar-refractivity contribution < 1.29 is 0 Å². The van der Waals surface area contributed by atoms with Crippen LogP contribution in [0.1, 0.15) is 98.6 Å². The maximum atomic E-state index is 2.52. The molecule has 0 radical (unpaired) electrons. The van der Waals surface area contributed by atoms with Gasteiger partial charge in [0.15, 0.2) is 0 Å². The quantitative estimate of drug-likeness (QED) is 0.0847. The van der Waals surface area contributed by atoms with Gasteiger partial charge in [-0.25, -0.2) is 0 Å². The van der Waals surface area contributed by atoms with Crippen molar-refractivity contribution in [1.82, 2.24) is 0 Å². The smallest absolute Gasteiger partial charge is 0.0654 e. The second-order valence-electron chi connectivity index (χ2n) is 21.3. The first kappa shape index (κ1) is 46.7. The summed E-state index contributed by atoms with van der Waals surface area (Å²) in [5, 5.41) is 5.19. The Balaban J connectivity index is 0.920. The van der Waals surface area contributed by atoms with Crippen molar-refractivity contribution in [1.29, 1.82) is 0 Å². The van der Waals surface area contributed by atoms with Crippen LogP contribution in [-0.4, -0.2) is 0 Å². The van der Waals surface area contributed by atoms with E-state index < -0.39 is 5.41 Å². The van der Waals surface area contributed by atoms with Gasteiger partial charge in [-0.15, -0.1) is 0 Å². The van der Waals surface area contributed by atoms with Crippen LogP contribution < -0.4 is 0 Å². The van der Waals surface area contributed by atoms with Crippen molar-refractivity contribution in [2.45, 2.75) is 83.5 Å². The van der Waals surface area contributed by atoms with Gasteiger partial charge >= 0.3 is 0 Å². The number of hydrogen-bond donors (Lipinski definition) is 0. The number of unbranched alkanes of at least 4 members (excludes halogenated alkanes) is 6. The molecule has 2 aliphatic rings. The summed E-state index contributed by atoms with van der Waals surface area (Å²) in [5.74, 6) is 0. The van der Waals surface area contributed by atoms with E-state index >= 15 is 0 Å². The number of hydrogen-bond acceptors (Lipinski definition) is 0. The molecule has 0 nitrogen and oxygen atoms in total. The van der Waals surface area contributed by atoms with Crippen molar-refractivity contribution in [3.8, 4) is 77.9 Å². The summed E-state index contributed by atoms with van der Waals surface area (Å²) < 4.78 is 0. The van der Waals surface area contributed by atoms with Gasteiger partial charge in [0, 0.05) is 0 Å². The lowest BCUT2D eigenvalue weighted by molar-refractivity contribution is 0.666. The van der Waals surface area contributed by atoms with E-state index in [9.17, 15) is 0 Å². The van der Waals surface area contributed by atoms with E-state index in [1.165, 1.54) is 184 Å². The van der Waals surface area contributed by atoms with Crippen molar-refractivity contribution in [2.75, 3.05) is 0 Å². The molecule has 0 atom stereocenters. The topological polar surface area (TPSA) is 0 Å². The fourth-order valence-corrected chi connectivity index (χ4v) is 13.3. The van der Waals surface area contributed by atoms with Crippen molar-refractivity contribution in [3.63, 3.8) is 0 Å². The highest BCUT2D eigenvalue weighted by Crippen LogP contribution is 2.60. The Kier molecular flexibility index (Phi) is 12.5. The zero-order valence-corrected chi connectivity index (χ0v) is 43.5. The Labute approximate surface area is 444 Å². The molecule has 0 aromatic heterocycles. The molecule has 0 fully saturated rings. The molecule has 11 aromatic rings. The van der Waals surface area contributed by atoms with E-state index in [0.29, 0.717) is 0 Å². The van der Waals surface area contributed by atoms with Gasteiger partial charge in [0.25, 0.3) is 0 Å². The SMILES string of the molecule is CCCCCCc1ccc(C2(c3ccc(CCCCCC)cc3)c3ccccc3-c3ccc(-c4ccc(-c5ccc6c7c(cccc57)-c5c-6c(-c6ccccc6)c6ccccc6c5-c5ccccc5)cc4)cc32)cc1. The molecule has 364 valence electrons. The molecule has 0 saturated carbocycles. The molecular formula is C75H64. The van der Waals surface area contributed by atoms with Crippen LogP contribution in [-0.2, 0) is 18.3 Å². The van der Waals surface area contributed by atoms with Crippen molar-refractivity contribution in [2.24, 2.45) is 0 Å². The minimum absolute atomic E-state index is 0.460. The van der Waals surface area contributed by atoms with Gasteiger partial charge in [-0.2, -0.15) is 0 Å². The zero-order chi connectivity index (χ0) is 50.3. The highest BCUT2D eigenvalue weighted by atomic mass is 14.5. The predicted molar refractivity (Wildman–Crippen MR) is 321 cm³/mol. The summed E-state index contributed by atoms with van der Waals surface area (Å²) in [6, 6.07) is 88.2. The fourth-order valence-electron chi connectivity index (χ4n) is 13.3. The van der Waals surface area contributed by atoms with Crippen LogP contribution in [0.4, 0.5) is 0 Å². The molecule has 0 heteroatoms. The molecule has 11 aromatic carbocycles. The average Bonchev–Trinajstić information content (AvgIpc) is 3.99. The first-order valence-corrected chi connectivity index (χ1v) is 28.0. The second-order valence-corrected chi connectivity index (χ2v) is 21.3. The Hall–Kier alpha value is -8.06. The van der Waals surface area contributed by atoms with Crippen LogP contribution in [0.15, 0.2) is 231 Å². The fraction of sp³-hybridized carbons (Fsp3) is 0.173. The van der Waals surface area contributed by atoms with Crippen LogP contribution >= 0.6 is 0 Å². The molecule has 0 heterocycles. The molecule has 0 spiro atoms. The number of fused-ring (bicyclic) bond motifs is 7. The molecule has 0 saturated heterocycles. The summed E-state index contributed by atoms with van der Waals surface area (Å²) in [5.41, 5.74) is 25.8. The van der Waals surface area contributed by atoms with E-state index in [-0.39, 0.29) is 0 Å². The molecule has 0 aliphatic heterocycles. The summed E-state index contributed by atoms with van der Waals surface area (Å²) in [4.78, 5) is 0. The van der Waals surface area contributed by atoms with Crippen LogP contribution in [0.2, 0.25) is 0 Å². The minimum Gasteiger partial charge on any atom is -0.0654 e. The van der Waals surface area contributed by atoms with Crippen LogP contribution in [0.5, 0.6) is 0 Å². The maximum absolute atomic E-state index is 2.52. The van der Waals surface area contributed by atoms with Gasteiger partial charge < -0.3 is 0 Å². The van der Waals surface area contributed by atoms with Gasteiger partial charge in [0.2, 0.25) is 0 Å². The molecule has 0 unspecified atom stereocenters. The number of aryl methyl sites for hydroxylation is 2. The average molecular weight is 965 g/mol. The van der Waals surface area contributed by atoms with E-state index in [1.54, 1.807) is 0 Å². The van der Waals surface area contributed by atoms with E-state index in [2.05, 4.69) is 244 Å². The molecule has 75 heavy (non-hydrogen) atoms. The molecule has 0 bridgehead atoms. The van der Waals surface area contributed by atoms with Gasteiger partial charge in [-0.05, 0) is 165 Å². The number of benzene rings is 11. The summed E-state index contributed by atoms with van der Waals surface area (Å²) >= 11 is 0. The van der Waals surface area contributed by atoms with E-state index in [4.69, 9.17) is 0 Å². The lowest BCUT2D eigenvalue weighted by atomic mass is 9.67. The lowest BCUT2D eigenvalue weighted by Crippen LogP contribution is -2.28. The monoisotopic (exact) mass is 965 g/mol. The van der Waals surface area contributed by atoms with Crippen LogP contribution in [0, 0.1) is 0 Å². The summed E-state index contributed by atoms with van der Waals surface area (Å²) in [6.07, 6.45) is 12.5. The normalized spacial score (nSPS) is 12.8. The molecule has 2 aliphatic carbocycles. The standard InChI is InChI=1S/C75H64/c1-3-5-7-11-22-51-34-43-58(44-35-51)75(59-45-36-52(37-46-59)23-12-8-6-4-2)68-33-20-19-28-61(68)62-47-42-57(50-69(62)75)53-38-40-54(41-39-53)60-48-49-67-72-63(60)31-21-32-66(72)73-70(55-24-13-9-14-25-55)64-29-17-18-30-65(64)71(74(67)73)56-26-15-10-16-27-56/h9-10,13-21,24-50H,3-8,11-12,22-23H2,1-2H3. The minimum atomic E-state index is -0.460. The third-order valence-electron chi connectivity index (χ3n) is 16.9. The first-order chi connectivity index (χ1) is 37.1. The molecule has 0 amide bonds. The van der Waals surface area contributed by atoms with Crippen molar-refractivity contribution >= 4 is 21.5 Å². The lowest BCUT2D eigenvalue weighted by Gasteiger charge is -2.34. The summed E-state index contributed by atoms with van der Waals surface area (Å²) in [7, 11) is 0. The van der Waals surface area contributed by atoms with Gasteiger partial charge in [-0.1, -0.05) is 277 Å². The Bertz CT molecular complexity index is 3710. The zero-order valence-electron chi connectivity index (χ0n) is 43.5. The molecule has 13 rings (SSSR count). The summed E-state index contributed by atoms with van der Waals surface area (Å²) in [6.45, 7) is 4.59. The third kappa shape index (κ3) is 7.97. The van der Waals surface area contributed by atoms with Gasteiger partial charge in [0.1, 0.15) is 0 Å². The largest absolute Gasteiger partial charge is 0.0713 e. The Morgan fingerprint density at radius 2 is 0.733 bits per heavy atom. The van der Waals surface area contributed by atoms with E-state index in [0.717, 1.165) is 12.8 Å². The van der Waals surface area contributed by atoms with E-state index in [1.807, 2.05) is 0 Å². The van der Waals surface area contributed by atoms with Crippen LogP contribution in [0.25, 0.3) is 99.4 Å². The first-order valence-electron chi connectivity index (χ1n) is 28.0. The Morgan fingerprint density at radius 1 is 0.280 bits per heavy atom. The second kappa shape index (κ2) is 20.0.